The fourth-order valence-corrected chi connectivity index (χ4v) is 1.50. The van der Waals surface area contributed by atoms with Crippen LogP contribution < -0.4 is 5.32 Å². The van der Waals surface area contributed by atoms with E-state index < -0.39 is 0 Å². The fourth-order valence-electron chi connectivity index (χ4n) is 1.50. The summed E-state index contributed by atoms with van der Waals surface area (Å²) in [6.07, 6.45) is 0. The van der Waals surface area contributed by atoms with Gasteiger partial charge in [-0.15, -0.1) is 0 Å². The molecule has 3 heteroatoms. The van der Waals surface area contributed by atoms with Crippen molar-refractivity contribution in [3.8, 4) is 6.07 Å². The second-order valence-electron chi connectivity index (χ2n) is 2.59. The summed E-state index contributed by atoms with van der Waals surface area (Å²) in [5.74, 6) is 0.516. The van der Waals surface area contributed by atoms with E-state index in [1.165, 1.54) is 0 Å². The van der Waals surface area contributed by atoms with Crippen LogP contribution in [0.3, 0.4) is 0 Å². The van der Waals surface area contributed by atoms with Crippen molar-refractivity contribution < 1.29 is 4.79 Å². The van der Waals surface area contributed by atoms with E-state index >= 15 is 0 Å². The molecule has 0 radical (unpaired) electrons. The molecule has 1 amide bonds. The lowest BCUT2D eigenvalue weighted by molar-refractivity contribution is -0.121. The first-order valence-electron chi connectivity index (χ1n) is 3.02. The molecular formula is C6H6N2O. The van der Waals surface area contributed by atoms with Gasteiger partial charge in [0.15, 0.2) is 0 Å². The van der Waals surface area contributed by atoms with Gasteiger partial charge in [0.2, 0.25) is 5.91 Å². The topological polar surface area (TPSA) is 52.9 Å². The van der Waals surface area contributed by atoms with Gasteiger partial charge in [0.05, 0.1) is 17.9 Å². The van der Waals surface area contributed by atoms with Gasteiger partial charge >= 0.3 is 0 Å². The standard InChI is InChI=1S/C6H6N2O/c7-1-3-4-2-8-6(9)5(3)4/h3-5H,2H2,(H,8,9). The van der Waals surface area contributed by atoms with E-state index in [9.17, 15) is 4.79 Å². The number of rotatable bonds is 0. The molecule has 0 spiro atoms. The highest BCUT2D eigenvalue weighted by Gasteiger charge is 2.59. The molecule has 46 valence electrons. The Balaban J connectivity index is 2.16. The number of carbonyl (C=O) groups is 1. The summed E-state index contributed by atoms with van der Waals surface area (Å²) >= 11 is 0. The van der Waals surface area contributed by atoms with E-state index in [4.69, 9.17) is 5.26 Å². The third kappa shape index (κ3) is 0.430. The molecule has 1 aliphatic carbocycles. The van der Waals surface area contributed by atoms with Crippen LogP contribution in [0.25, 0.3) is 0 Å². The van der Waals surface area contributed by atoms with Crippen molar-refractivity contribution in [2.24, 2.45) is 17.8 Å². The van der Waals surface area contributed by atoms with Crippen LogP contribution in [0.5, 0.6) is 0 Å². The molecule has 3 atom stereocenters. The second-order valence-corrected chi connectivity index (χ2v) is 2.59. The highest BCUT2D eigenvalue weighted by molar-refractivity contribution is 5.85. The predicted octanol–water partition coefficient (Wildman–Crippen LogP) is -0.498. The van der Waals surface area contributed by atoms with Gasteiger partial charge in [-0.25, -0.2) is 0 Å². The number of nitrogens with zero attached hydrogens (tertiary/aromatic N) is 1. The van der Waals surface area contributed by atoms with Gasteiger partial charge in [-0.05, 0) is 0 Å². The van der Waals surface area contributed by atoms with E-state index in [-0.39, 0.29) is 17.7 Å². The molecule has 3 unspecified atom stereocenters. The Morgan fingerprint density at radius 1 is 1.78 bits per heavy atom. The maximum Gasteiger partial charge on any atom is 0.224 e. The summed E-state index contributed by atoms with van der Waals surface area (Å²) in [6, 6.07) is 2.11. The molecule has 0 aromatic rings. The zero-order valence-corrected chi connectivity index (χ0v) is 4.79. The fraction of sp³-hybridized carbons (Fsp3) is 0.667. The predicted molar refractivity (Wildman–Crippen MR) is 29.1 cm³/mol. The van der Waals surface area contributed by atoms with E-state index in [0.717, 1.165) is 6.54 Å². The van der Waals surface area contributed by atoms with Crippen molar-refractivity contribution in [3.05, 3.63) is 0 Å². The van der Waals surface area contributed by atoms with Crippen molar-refractivity contribution in [2.75, 3.05) is 6.54 Å². The Morgan fingerprint density at radius 3 is 2.89 bits per heavy atom. The summed E-state index contributed by atoms with van der Waals surface area (Å²) < 4.78 is 0. The minimum absolute atomic E-state index is 0.0405. The third-order valence-corrected chi connectivity index (χ3v) is 2.13. The normalized spacial score (nSPS) is 45.2. The number of hydrogen-bond acceptors (Lipinski definition) is 2. The van der Waals surface area contributed by atoms with Crippen LogP contribution in [0.1, 0.15) is 0 Å². The molecule has 2 fully saturated rings. The highest BCUT2D eigenvalue weighted by Crippen LogP contribution is 2.48. The first-order valence-corrected chi connectivity index (χ1v) is 3.02. The van der Waals surface area contributed by atoms with Crippen LogP contribution in [0.4, 0.5) is 0 Å². The second kappa shape index (κ2) is 1.27. The molecule has 9 heavy (non-hydrogen) atoms. The third-order valence-electron chi connectivity index (χ3n) is 2.13. The molecule has 1 aliphatic heterocycles. The molecule has 0 bridgehead atoms. The number of carbonyl (C=O) groups excluding carboxylic acids is 1. The molecule has 1 saturated heterocycles. The smallest absolute Gasteiger partial charge is 0.224 e. The molecule has 1 saturated carbocycles. The van der Waals surface area contributed by atoms with Gasteiger partial charge in [0.1, 0.15) is 0 Å². The number of fused-ring (bicyclic) bond motifs is 1. The Morgan fingerprint density at radius 2 is 2.56 bits per heavy atom. The lowest BCUT2D eigenvalue weighted by atomic mass is 10.3. The first kappa shape index (κ1) is 4.80. The van der Waals surface area contributed by atoms with Gasteiger partial charge in [0, 0.05) is 12.5 Å². The van der Waals surface area contributed by atoms with Gasteiger partial charge in [-0.3, -0.25) is 4.79 Å². The lowest BCUT2D eigenvalue weighted by Crippen LogP contribution is -2.21. The average Bonchev–Trinajstić information content (AvgIpc) is 2.46. The van der Waals surface area contributed by atoms with Crippen molar-refractivity contribution >= 4 is 5.91 Å². The minimum atomic E-state index is 0.0405. The minimum Gasteiger partial charge on any atom is -0.355 e. The zero-order chi connectivity index (χ0) is 6.43. The number of nitrogens with one attached hydrogen (secondary N) is 1. The average molecular weight is 122 g/mol. The molecule has 0 aromatic heterocycles. The van der Waals surface area contributed by atoms with E-state index in [1.807, 2.05) is 0 Å². The molecule has 1 N–H and O–H groups in total. The van der Waals surface area contributed by atoms with Gasteiger partial charge in [-0.2, -0.15) is 5.26 Å². The van der Waals surface area contributed by atoms with Crippen LogP contribution in [-0.2, 0) is 4.79 Å². The van der Waals surface area contributed by atoms with E-state index in [0.29, 0.717) is 5.92 Å². The Labute approximate surface area is 52.7 Å². The van der Waals surface area contributed by atoms with Crippen LogP contribution in [0.2, 0.25) is 0 Å². The van der Waals surface area contributed by atoms with Crippen molar-refractivity contribution in [1.29, 1.82) is 5.26 Å². The largest absolute Gasteiger partial charge is 0.355 e. The zero-order valence-electron chi connectivity index (χ0n) is 4.79. The number of nitriles is 1. The van der Waals surface area contributed by atoms with Gasteiger partial charge < -0.3 is 5.32 Å². The Hall–Kier alpha value is -1.04. The van der Waals surface area contributed by atoms with Crippen LogP contribution >= 0.6 is 0 Å². The summed E-state index contributed by atoms with van der Waals surface area (Å²) in [4.78, 5) is 10.7. The highest BCUT2D eigenvalue weighted by atomic mass is 16.2. The van der Waals surface area contributed by atoms with Crippen LogP contribution in [0.15, 0.2) is 0 Å². The van der Waals surface area contributed by atoms with Crippen molar-refractivity contribution in [3.63, 3.8) is 0 Å². The summed E-state index contributed by atoms with van der Waals surface area (Å²) in [5.41, 5.74) is 0. The monoisotopic (exact) mass is 122 g/mol. The number of piperidine rings is 1. The number of hydrogen-bond donors (Lipinski definition) is 1. The van der Waals surface area contributed by atoms with E-state index in [2.05, 4.69) is 11.4 Å². The molecule has 1 heterocycles. The Bertz CT molecular complexity index is 206. The summed E-state index contributed by atoms with van der Waals surface area (Å²) in [5, 5.41) is 11.1. The van der Waals surface area contributed by atoms with E-state index in [1.54, 1.807) is 0 Å². The quantitative estimate of drug-likeness (QED) is 0.471. The first-order chi connectivity index (χ1) is 4.34. The number of amides is 1. The Kier molecular flexibility index (Phi) is 0.677. The SMILES string of the molecule is N#CC1C2CNC(=O)C12. The van der Waals surface area contributed by atoms with Gasteiger partial charge in [-0.1, -0.05) is 0 Å². The van der Waals surface area contributed by atoms with Crippen LogP contribution in [0, 0.1) is 29.1 Å². The maximum atomic E-state index is 10.7. The molecular weight excluding hydrogens is 116 g/mol. The van der Waals surface area contributed by atoms with Gasteiger partial charge in [0.25, 0.3) is 0 Å². The van der Waals surface area contributed by atoms with Crippen molar-refractivity contribution in [1.82, 2.24) is 5.32 Å². The molecule has 2 rings (SSSR count). The maximum absolute atomic E-state index is 10.7. The van der Waals surface area contributed by atoms with Crippen LogP contribution in [-0.4, -0.2) is 12.5 Å². The summed E-state index contributed by atoms with van der Waals surface area (Å²) in [7, 11) is 0. The summed E-state index contributed by atoms with van der Waals surface area (Å²) in [6.45, 7) is 0.724. The molecule has 0 aromatic carbocycles. The van der Waals surface area contributed by atoms with Crippen molar-refractivity contribution in [2.45, 2.75) is 0 Å². The molecule has 3 nitrogen and oxygen atoms in total. The molecule has 2 aliphatic rings. The lowest BCUT2D eigenvalue weighted by Gasteiger charge is -1.93.